The zero-order valence-corrected chi connectivity index (χ0v) is 28.2. The Hall–Kier alpha value is -6.70. The van der Waals surface area contributed by atoms with E-state index in [9.17, 15) is 0 Å². The fourth-order valence-electron chi connectivity index (χ4n) is 7.30. The first kappa shape index (κ1) is 30.4. The van der Waals surface area contributed by atoms with Gasteiger partial charge in [-0.3, -0.25) is 0 Å². The molecule has 0 fully saturated rings. The number of anilines is 3. The van der Waals surface area contributed by atoms with Crippen LogP contribution in [-0.4, -0.2) is 0 Å². The topological polar surface area (TPSA) is 3.24 Å². The summed E-state index contributed by atoms with van der Waals surface area (Å²) < 4.78 is 0. The van der Waals surface area contributed by atoms with Crippen molar-refractivity contribution in [2.75, 3.05) is 4.90 Å². The molecule has 0 heterocycles. The van der Waals surface area contributed by atoms with Gasteiger partial charge in [-0.15, -0.1) is 0 Å². The molecule has 0 spiro atoms. The van der Waals surface area contributed by atoms with Gasteiger partial charge in [0.2, 0.25) is 0 Å². The van der Waals surface area contributed by atoms with E-state index in [4.69, 9.17) is 0 Å². The summed E-state index contributed by atoms with van der Waals surface area (Å²) in [7, 11) is 0. The Morgan fingerprint density at radius 2 is 0.784 bits per heavy atom. The number of nitrogens with zero attached hydrogens (tertiary/aromatic N) is 1. The van der Waals surface area contributed by atoms with Crippen LogP contribution in [0.2, 0.25) is 0 Å². The summed E-state index contributed by atoms with van der Waals surface area (Å²) in [6.07, 6.45) is 0. The lowest BCUT2D eigenvalue weighted by atomic mass is 9.93. The third-order valence-electron chi connectivity index (χ3n) is 9.82. The molecule has 0 saturated heterocycles. The minimum atomic E-state index is 1.10. The van der Waals surface area contributed by atoms with Crippen LogP contribution >= 0.6 is 0 Å². The van der Waals surface area contributed by atoms with Crippen molar-refractivity contribution in [2.45, 2.75) is 0 Å². The Bertz CT molecular complexity index is 2630. The van der Waals surface area contributed by atoms with Crippen molar-refractivity contribution in [3.63, 3.8) is 0 Å². The van der Waals surface area contributed by atoms with E-state index in [-0.39, 0.29) is 0 Å². The van der Waals surface area contributed by atoms with Gasteiger partial charge in [-0.1, -0.05) is 176 Å². The zero-order chi connectivity index (χ0) is 34.0. The molecule has 0 atom stereocenters. The Balaban J connectivity index is 1.29. The molecule has 1 heteroatoms. The van der Waals surface area contributed by atoms with Gasteiger partial charge in [-0.25, -0.2) is 0 Å². The molecule has 9 rings (SSSR count). The molecule has 51 heavy (non-hydrogen) atoms. The highest BCUT2D eigenvalue weighted by Gasteiger charge is 2.20. The minimum Gasteiger partial charge on any atom is -0.310 e. The Labute approximate surface area is 299 Å². The number of fused-ring (bicyclic) bond motifs is 2. The van der Waals surface area contributed by atoms with Gasteiger partial charge < -0.3 is 4.90 Å². The van der Waals surface area contributed by atoms with Crippen LogP contribution in [0.5, 0.6) is 0 Å². The second kappa shape index (κ2) is 13.3. The normalized spacial score (nSPS) is 11.1. The smallest absolute Gasteiger partial charge is 0.0546 e. The third-order valence-corrected chi connectivity index (χ3v) is 9.82. The highest BCUT2D eigenvalue weighted by Crippen LogP contribution is 2.45. The second-order valence-electron chi connectivity index (χ2n) is 13.0. The number of hydrogen-bond donors (Lipinski definition) is 0. The Kier molecular flexibility index (Phi) is 7.92. The van der Waals surface area contributed by atoms with Gasteiger partial charge in [0.05, 0.1) is 5.69 Å². The van der Waals surface area contributed by atoms with Crippen molar-refractivity contribution in [3.8, 4) is 44.5 Å². The molecule has 0 aliphatic heterocycles. The minimum absolute atomic E-state index is 1.10. The Morgan fingerprint density at radius 3 is 1.53 bits per heavy atom. The van der Waals surface area contributed by atoms with Crippen molar-refractivity contribution < 1.29 is 0 Å². The van der Waals surface area contributed by atoms with E-state index in [2.05, 4.69) is 217 Å². The van der Waals surface area contributed by atoms with E-state index in [0.717, 1.165) is 17.1 Å². The summed E-state index contributed by atoms with van der Waals surface area (Å²) in [5.41, 5.74) is 12.8. The highest BCUT2D eigenvalue weighted by molar-refractivity contribution is 5.99. The number of hydrogen-bond acceptors (Lipinski definition) is 1. The largest absolute Gasteiger partial charge is 0.310 e. The van der Waals surface area contributed by atoms with Crippen LogP contribution in [0.4, 0.5) is 17.1 Å². The van der Waals surface area contributed by atoms with Crippen LogP contribution in [0.1, 0.15) is 0 Å². The van der Waals surface area contributed by atoms with E-state index in [1.54, 1.807) is 0 Å². The van der Waals surface area contributed by atoms with Crippen molar-refractivity contribution in [3.05, 3.63) is 212 Å². The van der Waals surface area contributed by atoms with E-state index in [0.29, 0.717) is 0 Å². The van der Waals surface area contributed by atoms with Crippen LogP contribution in [0, 0.1) is 0 Å². The lowest BCUT2D eigenvalue weighted by molar-refractivity contribution is 1.28. The SMILES string of the molecule is c1ccc(-c2cccc(N(c3cccc(-c4ccc5ccccc5c4)c3)c3cc(-c4cccc5ccccc45)ccc3-c3ccccc3)c2)cc1. The monoisotopic (exact) mass is 649 g/mol. The Morgan fingerprint density at radius 1 is 0.255 bits per heavy atom. The summed E-state index contributed by atoms with van der Waals surface area (Å²) in [6, 6.07) is 76.8. The van der Waals surface area contributed by atoms with Crippen molar-refractivity contribution >= 4 is 38.6 Å². The maximum Gasteiger partial charge on any atom is 0.0546 e. The van der Waals surface area contributed by atoms with Crippen LogP contribution in [0.25, 0.3) is 66.1 Å². The fraction of sp³-hybridized carbons (Fsp3) is 0. The molecule has 0 aliphatic rings. The molecule has 0 aromatic heterocycles. The van der Waals surface area contributed by atoms with Crippen molar-refractivity contribution in [1.29, 1.82) is 0 Å². The summed E-state index contributed by atoms with van der Waals surface area (Å²) >= 11 is 0. The molecule has 0 unspecified atom stereocenters. The molecule has 9 aromatic rings. The van der Waals surface area contributed by atoms with E-state index >= 15 is 0 Å². The van der Waals surface area contributed by atoms with Crippen LogP contribution in [0.3, 0.4) is 0 Å². The molecule has 0 saturated carbocycles. The standard InChI is InChI=1S/C50H35N/c1-3-14-36(15-4-1)41-22-11-24-45(33-41)51(46-25-12-23-42(34-46)43-29-28-37-16-7-8-20-40(37)32-43)50-35-44(30-31-49(50)39-17-5-2-6-18-39)48-27-13-21-38-19-9-10-26-47(38)48/h1-35H. The first-order valence-electron chi connectivity index (χ1n) is 17.5. The summed E-state index contributed by atoms with van der Waals surface area (Å²) in [5, 5.41) is 4.96. The summed E-state index contributed by atoms with van der Waals surface area (Å²) in [6.45, 7) is 0. The van der Waals surface area contributed by atoms with Gasteiger partial charge in [0, 0.05) is 16.9 Å². The lowest BCUT2D eigenvalue weighted by Gasteiger charge is -2.29. The zero-order valence-electron chi connectivity index (χ0n) is 28.2. The average Bonchev–Trinajstić information content (AvgIpc) is 3.21. The van der Waals surface area contributed by atoms with Gasteiger partial charge in [-0.05, 0) is 96.9 Å². The molecule has 0 aliphatic carbocycles. The van der Waals surface area contributed by atoms with Crippen LogP contribution < -0.4 is 4.90 Å². The van der Waals surface area contributed by atoms with Crippen molar-refractivity contribution in [2.24, 2.45) is 0 Å². The molecule has 1 nitrogen and oxygen atoms in total. The maximum atomic E-state index is 2.44. The summed E-state index contributed by atoms with van der Waals surface area (Å²) in [5.74, 6) is 0. The van der Waals surface area contributed by atoms with Gasteiger partial charge in [0.15, 0.2) is 0 Å². The van der Waals surface area contributed by atoms with Crippen LogP contribution in [0.15, 0.2) is 212 Å². The molecule has 0 bridgehead atoms. The average molecular weight is 650 g/mol. The van der Waals surface area contributed by atoms with E-state index in [1.165, 1.54) is 66.1 Å². The molecular weight excluding hydrogens is 615 g/mol. The van der Waals surface area contributed by atoms with Gasteiger partial charge >= 0.3 is 0 Å². The van der Waals surface area contributed by atoms with Gasteiger partial charge in [-0.2, -0.15) is 0 Å². The second-order valence-corrected chi connectivity index (χ2v) is 13.0. The van der Waals surface area contributed by atoms with E-state index < -0.39 is 0 Å². The van der Waals surface area contributed by atoms with Crippen molar-refractivity contribution in [1.82, 2.24) is 0 Å². The van der Waals surface area contributed by atoms with E-state index in [1.807, 2.05) is 0 Å². The highest BCUT2D eigenvalue weighted by atomic mass is 15.1. The molecule has 0 N–H and O–H groups in total. The summed E-state index contributed by atoms with van der Waals surface area (Å²) in [4.78, 5) is 2.44. The molecule has 0 radical (unpaired) electrons. The number of rotatable bonds is 7. The number of benzene rings is 9. The molecule has 240 valence electrons. The lowest BCUT2D eigenvalue weighted by Crippen LogP contribution is -2.12. The predicted molar refractivity (Wildman–Crippen MR) is 218 cm³/mol. The maximum absolute atomic E-state index is 2.44. The fourth-order valence-corrected chi connectivity index (χ4v) is 7.30. The first-order chi connectivity index (χ1) is 25.3. The van der Waals surface area contributed by atoms with Gasteiger partial charge in [0.1, 0.15) is 0 Å². The molecular formula is C50H35N. The quantitative estimate of drug-likeness (QED) is 0.166. The predicted octanol–water partition coefficient (Wildman–Crippen LogP) is 14.1. The first-order valence-corrected chi connectivity index (χ1v) is 17.5. The third kappa shape index (κ3) is 5.96. The van der Waals surface area contributed by atoms with Crippen LogP contribution in [-0.2, 0) is 0 Å². The van der Waals surface area contributed by atoms with Gasteiger partial charge in [0.25, 0.3) is 0 Å². The molecule has 0 amide bonds. The molecule has 9 aromatic carbocycles.